The first-order valence-corrected chi connectivity index (χ1v) is 11.5. The standard InChI is InChI=1S/C19H21F3N8O3S/c1-30(34(2,32)33)16-14(25-6-7-26-16)9-27-17-18(19(20,21)22,10-24-11-28-17)29-13-5-3-4-12(8-13)15(23)31/h3-8,10-11,17,27,29H,9H2,1-2H3,(H2,23,31). The molecule has 0 bridgehead atoms. The molecule has 0 radical (unpaired) electrons. The van der Waals surface area contributed by atoms with E-state index in [1.54, 1.807) is 0 Å². The molecule has 0 saturated carbocycles. The van der Waals surface area contributed by atoms with Gasteiger partial charge in [0.1, 0.15) is 12.5 Å². The third-order valence-corrected chi connectivity index (χ3v) is 6.14. The summed E-state index contributed by atoms with van der Waals surface area (Å²) in [5.41, 5.74) is 2.47. The lowest BCUT2D eigenvalue weighted by Gasteiger charge is -2.40. The van der Waals surface area contributed by atoms with E-state index in [0.717, 1.165) is 16.9 Å². The van der Waals surface area contributed by atoms with Crippen LogP contribution in [0.3, 0.4) is 0 Å². The van der Waals surface area contributed by atoms with Crippen molar-refractivity contribution in [3.05, 3.63) is 47.9 Å². The molecule has 0 fully saturated rings. The third-order valence-electron chi connectivity index (χ3n) is 4.97. The first-order valence-electron chi connectivity index (χ1n) is 9.63. The normalized spacial score (nSPS) is 20.2. The van der Waals surface area contributed by atoms with Gasteiger partial charge in [-0.3, -0.25) is 24.4 Å². The van der Waals surface area contributed by atoms with Crippen molar-refractivity contribution >= 4 is 40.0 Å². The van der Waals surface area contributed by atoms with Gasteiger partial charge >= 0.3 is 6.18 Å². The molecule has 4 N–H and O–H groups in total. The molecule has 1 aliphatic heterocycles. The maximum atomic E-state index is 14.4. The van der Waals surface area contributed by atoms with E-state index in [-0.39, 0.29) is 29.3 Å². The molecule has 182 valence electrons. The van der Waals surface area contributed by atoms with E-state index >= 15 is 0 Å². The highest BCUT2D eigenvalue weighted by Gasteiger charge is 2.60. The Bertz CT molecular complexity index is 1240. The zero-order valence-electron chi connectivity index (χ0n) is 18.0. The van der Waals surface area contributed by atoms with Crippen LogP contribution < -0.4 is 20.7 Å². The van der Waals surface area contributed by atoms with Crippen LogP contribution in [0, 0.1) is 0 Å². The number of halogens is 3. The molecular weight excluding hydrogens is 477 g/mol. The molecule has 0 saturated heterocycles. The van der Waals surface area contributed by atoms with E-state index in [2.05, 4.69) is 30.6 Å². The Kier molecular flexibility index (Phi) is 6.88. The smallest absolute Gasteiger partial charge is 0.366 e. The van der Waals surface area contributed by atoms with Gasteiger partial charge in [0.2, 0.25) is 21.5 Å². The van der Waals surface area contributed by atoms with Crippen LogP contribution in [0.25, 0.3) is 0 Å². The number of nitrogens with one attached hydrogen (secondary N) is 2. The lowest BCUT2D eigenvalue weighted by molar-refractivity contribution is -0.165. The van der Waals surface area contributed by atoms with E-state index in [0.29, 0.717) is 6.21 Å². The van der Waals surface area contributed by atoms with Crippen LogP contribution in [-0.4, -0.2) is 68.0 Å². The van der Waals surface area contributed by atoms with Gasteiger partial charge in [0.25, 0.3) is 0 Å². The SMILES string of the molecule is CN(c1nccnc1CNC1N=CN=CC1(Nc1cccc(C(N)=O)c1)C(F)(F)F)S(C)(=O)=O. The quantitative estimate of drug-likeness (QED) is 0.489. The summed E-state index contributed by atoms with van der Waals surface area (Å²) in [6.07, 6.45) is -1.41. The average Bonchev–Trinajstić information content (AvgIpc) is 2.77. The number of carbonyl (C=O) groups excluding carboxylic acids is 1. The number of hydrogen-bond acceptors (Lipinski definition) is 9. The molecule has 1 aromatic heterocycles. The molecule has 0 spiro atoms. The number of sulfonamides is 1. The number of anilines is 2. The number of carbonyl (C=O) groups is 1. The summed E-state index contributed by atoms with van der Waals surface area (Å²) in [5, 5.41) is 5.03. The van der Waals surface area contributed by atoms with Crippen molar-refractivity contribution in [3.63, 3.8) is 0 Å². The summed E-state index contributed by atoms with van der Waals surface area (Å²) in [7, 11) is -2.45. The lowest BCUT2D eigenvalue weighted by Crippen LogP contribution is -2.66. The number of nitrogens with zero attached hydrogens (tertiary/aromatic N) is 5. The number of aromatic nitrogens is 2. The van der Waals surface area contributed by atoms with E-state index in [4.69, 9.17) is 5.73 Å². The van der Waals surface area contributed by atoms with Crippen molar-refractivity contribution in [2.45, 2.75) is 24.4 Å². The molecule has 2 aromatic rings. The number of rotatable bonds is 8. The zero-order valence-corrected chi connectivity index (χ0v) is 18.8. The minimum atomic E-state index is -4.90. The number of aliphatic imine (C=N–C) groups is 2. The average molecular weight is 498 g/mol. The van der Waals surface area contributed by atoms with Crippen LogP contribution in [0.15, 0.2) is 46.6 Å². The van der Waals surface area contributed by atoms with E-state index in [1.807, 2.05) is 0 Å². The molecule has 2 unspecified atom stereocenters. The highest BCUT2D eigenvalue weighted by molar-refractivity contribution is 7.92. The fourth-order valence-corrected chi connectivity index (χ4v) is 3.61. The van der Waals surface area contributed by atoms with E-state index in [9.17, 15) is 26.4 Å². The van der Waals surface area contributed by atoms with Gasteiger partial charge < -0.3 is 11.1 Å². The highest BCUT2D eigenvalue weighted by Crippen LogP contribution is 2.37. The van der Waals surface area contributed by atoms with Crippen LogP contribution in [-0.2, 0) is 16.6 Å². The first kappa shape index (κ1) is 25.0. The molecule has 2 atom stereocenters. The number of benzene rings is 1. The summed E-state index contributed by atoms with van der Waals surface area (Å²) in [6.45, 7) is -0.306. The van der Waals surface area contributed by atoms with Crippen LogP contribution in [0.5, 0.6) is 0 Å². The summed E-state index contributed by atoms with van der Waals surface area (Å²) < 4.78 is 67.9. The summed E-state index contributed by atoms with van der Waals surface area (Å²) in [5.74, 6) is -0.856. The topological polar surface area (TPSA) is 155 Å². The van der Waals surface area contributed by atoms with Gasteiger partial charge in [-0.05, 0) is 18.2 Å². The largest absolute Gasteiger partial charge is 0.420 e. The summed E-state index contributed by atoms with van der Waals surface area (Å²) >= 11 is 0. The van der Waals surface area contributed by atoms with Gasteiger partial charge in [0.15, 0.2) is 5.82 Å². The highest BCUT2D eigenvalue weighted by atomic mass is 32.2. The molecule has 3 rings (SSSR count). The minimum Gasteiger partial charge on any atom is -0.366 e. The molecule has 34 heavy (non-hydrogen) atoms. The van der Waals surface area contributed by atoms with Gasteiger partial charge in [-0.1, -0.05) is 6.07 Å². The van der Waals surface area contributed by atoms with Crippen molar-refractivity contribution < 1.29 is 26.4 Å². The maximum Gasteiger partial charge on any atom is 0.420 e. The van der Waals surface area contributed by atoms with Crippen LogP contribution in [0.4, 0.5) is 24.7 Å². The van der Waals surface area contributed by atoms with Crippen LogP contribution in [0.1, 0.15) is 16.1 Å². The second-order valence-corrected chi connectivity index (χ2v) is 9.33. The number of amides is 1. The second-order valence-electron chi connectivity index (χ2n) is 7.32. The fraction of sp³-hybridized carbons (Fsp3) is 0.316. The number of alkyl halides is 3. The first-order chi connectivity index (χ1) is 15.8. The van der Waals surface area contributed by atoms with Crippen molar-refractivity contribution in [2.24, 2.45) is 15.7 Å². The van der Waals surface area contributed by atoms with Crippen molar-refractivity contribution in [3.8, 4) is 0 Å². The molecular formula is C19H21F3N8O3S. The molecule has 0 aliphatic carbocycles. The molecule has 1 aromatic carbocycles. The van der Waals surface area contributed by atoms with Crippen LogP contribution in [0.2, 0.25) is 0 Å². The molecule has 15 heteroatoms. The fourth-order valence-electron chi connectivity index (χ4n) is 3.14. The van der Waals surface area contributed by atoms with Gasteiger partial charge in [-0.15, -0.1) is 0 Å². The third kappa shape index (κ3) is 5.14. The zero-order chi connectivity index (χ0) is 25.1. The maximum absolute atomic E-state index is 14.4. The summed E-state index contributed by atoms with van der Waals surface area (Å²) in [4.78, 5) is 26.9. The predicted octanol–water partition coefficient (Wildman–Crippen LogP) is 0.913. The van der Waals surface area contributed by atoms with Crippen molar-refractivity contribution in [2.75, 3.05) is 22.9 Å². The second kappa shape index (κ2) is 9.34. The molecule has 1 aliphatic rings. The van der Waals surface area contributed by atoms with Gasteiger partial charge in [-0.2, -0.15) is 13.2 Å². The Morgan fingerprint density at radius 3 is 2.62 bits per heavy atom. The van der Waals surface area contributed by atoms with Gasteiger partial charge in [-0.25, -0.2) is 18.4 Å². The lowest BCUT2D eigenvalue weighted by atomic mass is 9.94. The van der Waals surface area contributed by atoms with Crippen LogP contribution >= 0.6 is 0 Å². The van der Waals surface area contributed by atoms with Crippen molar-refractivity contribution in [1.82, 2.24) is 15.3 Å². The monoisotopic (exact) mass is 498 g/mol. The predicted molar refractivity (Wildman–Crippen MR) is 120 cm³/mol. The minimum absolute atomic E-state index is 0.0103. The summed E-state index contributed by atoms with van der Waals surface area (Å²) in [6, 6.07) is 5.27. The van der Waals surface area contributed by atoms with Crippen molar-refractivity contribution in [1.29, 1.82) is 0 Å². The number of primary amides is 1. The van der Waals surface area contributed by atoms with Gasteiger partial charge in [0.05, 0.1) is 11.9 Å². The molecule has 1 amide bonds. The number of hydrogen-bond donors (Lipinski definition) is 3. The Balaban J connectivity index is 1.95. The molecule has 11 nitrogen and oxygen atoms in total. The Hall–Kier alpha value is -3.59. The van der Waals surface area contributed by atoms with Gasteiger partial charge in [0, 0.05) is 43.5 Å². The number of nitrogens with two attached hydrogens (primary N) is 1. The Labute approximate surface area is 193 Å². The van der Waals surface area contributed by atoms with E-state index < -0.39 is 33.8 Å². The Morgan fingerprint density at radius 1 is 1.26 bits per heavy atom. The Morgan fingerprint density at radius 2 is 1.97 bits per heavy atom. The van der Waals surface area contributed by atoms with E-state index in [1.165, 1.54) is 43.7 Å². The molecule has 2 heterocycles.